The summed E-state index contributed by atoms with van der Waals surface area (Å²) in [5, 5.41) is 10.5. The number of carbonyl (C=O) groups excluding carboxylic acids is 2. The summed E-state index contributed by atoms with van der Waals surface area (Å²) in [6, 6.07) is 5.29. The minimum atomic E-state index is -0.872. The standard InChI is InChI=1S/C31H48N4O6/c1-5-6-14-32(15-7-8-18-35(2,3)4)29(37)21-34-20-24(23-11-12-26-27(19-23)41-22-40-26)30(31(38)39)25(34)13-17-33-16-9-10-28(33)36/h11-12,19,24-25,30H,5-10,13-18,20-22H2,1-4H3/p+1/t24-,25+,30?/m1/s1. The summed E-state index contributed by atoms with van der Waals surface area (Å²) in [6.07, 6.45) is 5.86. The number of nitrogens with zero attached hydrogens (tertiary/aromatic N) is 4. The Balaban J connectivity index is 1.52. The number of amides is 2. The van der Waals surface area contributed by atoms with Gasteiger partial charge in [-0.1, -0.05) is 19.4 Å². The molecule has 10 nitrogen and oxygen atoms in total. The van der Waals surface area contributed by atoms with Crippen LogP contribution in [0.25, 0.3) is 0 Å². The lowest BCUT2D eigenvalue weighted by Crippen LogP contribution is -2.46. The molecule has 3 atom stereocenters. The van der Waals surface area contributed by atoms with Gasteiger partial charge >= 0.3 is 5.97 Å². The molecular formula is C31H49N4O6+. The molecule has 3 heterocycles. The molecule has 2 amide bonds. The molecule has 1 aromatic rings. The fraction of sp³-hybridized carbons (Fsp3) is 0.710. The van der Waals surface area contributed by atoms with Crippen LogP contribution >= 0.6 is 0 Å². The first kappa shape index (κ1) is 31.1. The largest absolute Gasteiger partial charge is 0.481 e. The van der Waals surface area contributed by atoms with Crippen molar-refractivity contribution in [1.82, 2.24) is 14.7 Å². The fourth-order valence-corrected chi connectivity index (χ4v) is 6.44. The summed E-state index contributed by atoms with van der Waals surface area (Å²) < 4.78 is 12.0. The zero-order chi connectivity index (χ0) is 29.6. The van der Waals surface area contributed by atoms with E-state index >= 15 is 0 Å². The number of likely N-dealkylation sites (tertiary alicyclic amines) is 2. The molecule has 2 fully saturated rings. The summed E-state index contributed by atoms with van der Waals surface area (Å²) in [7, 11) is 6.54. The number of fused-ring (bicyclic) bond motifs is 1. The molecule has 3 aliphatic rings. The first-order chi connectivity index (χ1) is 19.6. The quantitative estimate of drug-likeness (QED) is 0.254. The fourth-order valence-electron chi connectivity index (χ4n) is 6.44. The van der Waals surface area contributed by atoms with E-state index in [9.17, 15) is 19.5 Å². The average Bonchev–Trinajstić information content (AvgIpc) is 3.64. The van der Waals surface area contributed by atoms with Gasteiger partial charge in [-0.05, 0) is 49.8 Å². The number of benzene rings is 1. The van der Waals surface area contributed by atoms with Gasteiger partial charge in [-0.3, -0.25) is 19.3 Å². The lowest BCUT2D eigenvalue weighted by molar-refractivity contribution is -0.870. The van der Waals surface area contributed by atoms with Gasteiger partial charge in [-0.15, -0.1) is 0 Å². The smallest absolute Gasteiger partial charge is 0.308 e. The summed E-state index contributed by atoms with van der Waals surface area (Å²) in [6.45, 7) is 6.64. The first-order valence-electron chi connectivity index (χ1n) is 15.3. The minimum absolute atomic E-state index is 0.0569. The van der Waals surface area contributed by atoms with E-state index in [1.54, 1.807) is 0 Å². The summed E-state index contributed by atoms with van der Waals surface area (Å²) >= 11 is 0. The Bertz CT molecular complexity index is 1070. The van der Waals surface area contributed by atoms with Gasteiger partial charge in [-0.2, -0.15) is 0 Å². The van der Waals surface area contributed by atoms with Crippen molar-refractivity contribution in [3.8, 4) is 11.5 Å². The van der Waals surface area contributed by atoms with Gasteiger partial charge < -0.3 is 28.9 Å². The number of carboxylic acids is 1. The van der Waals surface area contributed by atoms with Gasteiger partial charge in [-0.25, -0.2) is 0 Å². The number of carboxylic acid groups (broad SMARTS) is 1. The van der Waals surface area contributed by atoms with E-state index in [-0.39, 0.29) is 37.1 Å². The highest BCUT2D eigenvalue weighted by molar-refractivity contribution is 5.79. The van der Waals surface area contributed by atoms with Crippen LogP contribution in [0.5, 0.6) is 11.5 Å². The van der Waals surface area contributed by atoms with E-state index in [1.807, 2.05) is 28.0 Å². The topological polar surface area (TPSA) is 99.6 Å². The Morgan fingerprint density at radius 1 is 1.10 bits per heavy atom. The van der Waals surface area contributed by atoms with Crippen LogP contribution in [0.2, 0.25) is 0 Å². The van der Waals surface area contributed by atoms with E-state index in [4.69, 9.17) is 9.47 Å². The predicted molar refractivity (Wildman–Crippen MR) is 156 cm³/mol. The van der Waals surface area contributed by atoms with Crippen LogP contribution in [-0.2, 0) is 14.4 Å². The zero-order valence-corrected chi connectivity index (χ0v) is 25.3. The summed E-state index contributed by atoms with van der Waals surface area (Å²) in [5.74, 6) is -0.404. The van der Waals surface area contributed by atoms with Crippen LogP contribution in [0.4, 0.5) is 0 Å². The van der Waals surface area contributed by atoms with Crippen molar-refractivity contribution in [2.45, 2.75) is 63.8 Å². The second-order valence-electron chi connectivity index (χ2n) is 12.8. The maximum absolute atomic E-state index is 13.8. The number of unbranched alkanes of at least 4 members (excludes halogenated alkanes) is 2. The Labute approximate surface area is 244 Å². The molecule has 0 saturated carbocycles. The van der Waals surface area contributed by atoms with Crippen molar-refractivity contribution < 1.29 is 33.4 Å². The van der Waals surface area contributed by atoms with Gasteiger partial charge in [0, 0.05) is 51.1 Å². The third kappa shape index (κ3) is 8.13. The monoisotopic (exact) mass is 573 g/mol. The Morgan fingerprint density at radius 3 is 2.54 bits per heavy atom. The van der Waals surface area contributed by atoms with E-state index in [1.165, 1.54) is 0 Å². The highest BCUT2D eigenvalue weighted by Crippen LogP contribution is 2.42. The number of carbonyl (C=O) groups is 3. The van der Waals surface area contributed by atoms with Crippen LogP contribution in [-0.4, -0.2) is 122 Å². The molecule has 0 spiro atoms. The van der Waals surface area contributed by atoms with Gasteiger partial charge in [0.15, 0.2) is 11.5 Å². The number of hydrogen-bond donors (Lipinski definition) is 1. The Hall–Kier alpha value is -2.85. The van der Waals surface area contributed by atoms with Gasteiger partial charge in [0.1, 0.15) is 0 Å². The highest BCUT2D eigenvalue weighted by atomic mass is 16.7. The molecule has 0 radical (unpaired) electrons. The van der Waals surface area contributed by atoms with Crippen molar-refractivity contribution in [3.05, 3.63) is 23.8 Å². The number of aliphatic carboxylic acids is 1. The molecule has 1 N–H and O–H groups in total. The molecule has 3 aliphatic heterocycles. The average molecular weight is 574 g/mol. The lowest BCUT2D eigenvalue weighted by Gasteiger charge is -2.31. The second kappa shape index (κ2) is 13.9. The Morgan fingerprint density at radius 2 is 1.85 bits per heavy atom. The Kier molecular flexibility index (Phi) is 10.5. The summed E-state index contributed by atoms with van der Waals surface area (Å²) in [5.41, 5.74) is 0.877. The van der Waals surface area contributed by atoms with Crippen molar-refractivity contribution in [3.63, 3.8) is 0 Å². The SMILES string of the molecule is CCCCN(CCCC[N+](C)(C)C)C(=O)CN1C[C@H](c2ccc3c(c2)OCO3)C(C(=O)O)[C@@H]1CCN1CCCC1=O. The molecule has 1 unspecified atom stereocenters. The molecule has 228 valence electrons. The molecule has 4 rings (SSSR count). The van der Waals surface area contributed by atoms with Crippen molar-refractivity contribution in [2.75, 3.05) is 73.7 Å². The second-order valence-corrected chi connectivity index (χ2v) is 12.8. The summed E-state index contributed by atoms with van der Waals surface area (Å²) in [4.78, 5) is 44.8. The highest BCUT2D eigenvalue weighted by Gasteiger charge is 2.47. The molecule has 1 aromatic carbocycles. The van der Waals surface area contributed by atoms with Crippen molar-refractivity contribution >= 4 is 17.8 Å². The van der Waals surface area contributed by atoms with Crippen LogP contribution in [0.15, 0.2) is 18.2 Å². The van der Waals surface area contributed by atoms with Crippen molar-refractivity contribution in [2.24, 2.45) is 5.92 Å². The van der Waals surface area contributed by atoms with Crippen molar-refractivity contribution in [1.29, 1.82) is 0 Å². The molecule has 0 aliphatic carbocycles. The maximum Gasteiger partial charge on any atom is 0.308 e. The van der Waals surface area contributed by atoms with Crippen LogP contribution in [0.3, 0.4) is 0 Å². The number of ether oxygens (including phenoxy) is 2. The molecule has 2 saturated heterocycles. The molecule has 41 heavy (non-hydrogen) atoms. The number of rotatable bonds is 15. The van der Waals surface area contributed by atoms with Gasteiger partial charge in [0.25, 0.3) is 0 Å². The number of hydrogen-bond acceptors (Lipinski definition) is 6. The lowest BCUT2D eigenvalue weighted by atomic mass is 9.84. The normalized spacial score (nSPS) is 22.5. The number of quaternary nitrogens is 1. The van der Waals surface area contributed by atoms with E-state index in [2.05, 4.69) is 33.0 Å². The van der Waals surface area contributed by atoms with Crippen LogP contribution in [0.1, 0.15) is 63.4 Å². The zero-order valence-electron chi connectivity index (χ0n) is 25.3. The van der Waals surface area contributed by atoms with Gasteiger partial charge in [0.05, 0.1) is 40.2 Å². The van der Waals surface area contributed by atoms with E-state index in [0.717, 1.165) is 48.7 Å². The molecule has 0 aromatic heterocycles. The third-order valence-electron chi connectivity index (χ3n) is 8.70. The predicted octanol–water partition coefficient (Wildman–Crippen LogP) is 3.01. The van der Waals surface area contributed by atoms with Gasteiger partial charge in [0.2, 0.25) is 18.6 Å². The van der Waals surface area contributed by atoms with Crippen LogP contribution < -0.4 is 9.47 Å². The molecule has 10 heteroatoms. The van der Waals surface area contributed by atoms with Crippen LogP contribution in [0, 0.1) is 5.92 Å². The maximum atomic E-state index is 13.8. The minimum Gasteiger partial charge on any atom is -0.481 e. The first-order valence-corrected chi connectivity index (χ1v) is 15.3. The molecular weight excluding hydrogens is 524 g/mol. The third-order valence-corrected chi connectivity index (χ3v) is 8.70. The molecule has 0 bridgehead atoms. The van der Waals surface area contributed by atoms with E-state index < -0.39 is 11.9 Å². The van der Waals surface area contributed by atoms with E-state index in [0.29, 0.717) is 57.1 Å².